The molecule has 1 aromatic carbocycles. The highest BCUT2D eigenvalue weighted by Gasteiger charge is 2.13. The second kappa shape index (κ2) is 4.91. The van der Waals surface area contributed by atoms with Gasteiger partial charge in [-0.25, -0.2) is 0 Å². The van der Waals surface area contributed by atoms with Gasteiger partial charge >= 0.3 is 5.97 Å². The fourth-order valence-electron chi connectivity index (χ4n) is 1.62. The Morgan fingerprint density at radius 2 is 2.17 bits per heavy atom. The molecule has 1 aromatic heterocycles. The summed E-state index contributed by atoms with van der Waals surface area (Å²) in [6.07, 6.45) is 1.80. The predicted molar refractivity (Wildman–Crippen MR) is 67.4 cm³/mol. The first kappa shape index (κ1) is 12.2. The number of fused-ring (bicyclic) bond motifs is 1. The van der Waals surface area contributed by atoms with Crippen LogP contribution in [0.3, 0.4) is 0 Å². The summed E-state index contributed by atoms with van der Waals surface area (Å²) in [5.74, 6) is -1.78. The fourth-order valence-corrected chi connectivity index (χ4v) is 1.62. The number of H-pyrrole nitrogens is 1. The van der Waals surface area contributed by atoms with Crippen molar-refractivity contribution in [1.82, 2.24) is 10.3 Å². The highest BCUT2D eigenvalue weighted by atomic mass is 16.4. The Balaban J connectivity index is 2.06. The van der Waals surface area contributed by atoms with Crippen LogP contribution in [-0.2, 0) is 4.79 Å². The number of amides is 1. The summed E-state index contributed by atoms with van der Waals surface area (Å²) in [7, 11) is 0. The molecule has 94 valence electrons. The van der Waals surface area contributed by atoms with Crippen LogP contribution in [0, 0.1) is 5.92 Å². The number of hydrogen-bond acceptors (Lipinski definition) is 2. The third kappa shape index (κ3) is 2.51. The topological polar surface area (TPSA) is 82.2 Å². The third-order valence-electron chi connectivity index (χ3n) is 2.81. The van der Waals surface area contributed by atoms with Gasteiger partial charge in [0.25, 0.3) is 5.91 Å². The van der Waals surface area contributed by atoms with E-state index in [0.29, 0.717) is 5.56 Å². The fraction of sp³-hybridized carbons (Fsp3) is 0.231. The van der Waals surface area contributed by atoms with Gasteiger partial charge in [-0.15, -0.1) is 0 Å². The molecule has 0 aliphatic heterocycles. The minimum Gasteiger partial charge on any atom is -0.481 e. The molecule has 18 heavy (non-hydrogen) atoms. The smallest absolute Gasteiger partial charge is 0.308 e. The molecular formula is C13H14N2O3. The molecule has 5 heteroatoms. The van der Waals surface area contributed by atoms with E-state index < -0.39 is 11.9 Å². The maximum Gasteiger partial charge on any atom is 0.308 e. The van der Waals surface area contributed by atoms with Crippen molar-refractivity contribution in [1.29, 1.82) is 0 Å². The van der Waals surface area contributed by atoms with Crippen LogP contribution in [0.25, 0.3) is 10.9 Å². The molecule has 0 aliphatic rings. The number of carbonyl (C=O) groups excluding carboxylic acids is 1. The number of aliphatic carboxylic acids is 1. The van der Waals surface area contributed by atoms with Gasteiger partial charge in [0.05, 0.1) is 5.92 Å². The van der Waals surface area contributed by atoms with Crippen molar-refractivity contribution in [3.63, 3.8) is 0 Å². The van der Waals surface area contributed by atoms with E-state index in [2.05, 4.69) is 10.3 Å². The van der Waals surface area contributed by atoms with E-state index in [0.717, 1.165) is 10.9 Å². The van der Waals surface area contributed by atoms with Gasteiger partial charge in [-0.05, 0) is 23.6 Å². The zero-order valence-electron chi connectivity index (χ0n) is 9.93. The third-order valence-corrected chi connectivity index (χ3v) is 2.81. The van der Waals surface area contributed by atoms with Crippen molar-refractivity contribution < 1.29 is 14.7 Å². The average molecular weight is 246 g/mol. The number of aromatic amines is 1. The second-order valence-corrected chi connectivity index (χ2v) is 4.23. The molecule has 0 saturated carbocycles. The van der Waals surface area contributed by atoms with E-state index in [-0.39, 0.29) is 12.5 Å². The quantitative estimate of drug-likeness (QED) is 0.766. The van der Waals surface area contributed by atoms with Crippen LogP contribution in [0.15, 0.2) is 30.5 Å². The number of carbonyl (C=O) groups is 2. The van der Waals surface area contributed by atoms with Crippen molar-refractivity contribution in [2.45, 2.75) is 6.92 Å². The summed E-state index contributed by atoms with van der Waals surface area (Å²) in [5, 5.41) is 12.4. The normalized spacial score (nSPS) is 12.3. The molecule has 1 heterocycles. The lowest BCUT2D eigenvalue weighted by Crippen LogP contribution is -2.31. The van der Waals surface area contributed by atoms with E-state index in [9.17, 15) is 9.59 Å². The Morgan fingerprint density at radius 3 is 2.89 bits per heavy atom. The second-order valence-electron chi connectivity index (χ2n) is 4.23. The first-order chi connectivity index (χ1) is 8.58. The van der Waals surface area contributed by atoms with Gasteiger partial charge in [0, 0.05) is 23.8 Å². The molecule has 5 nitrogen and oxygen atoms in total. The van der Waals surface area contributed by atoms with Crippen molar-refractivity contribution >= 4 is 22.8 Å². The predicted octanol–water partition coefficient (Wildman–Crippen LogP) is 1.62. The van der Waals surface area contributed by atoms with Crippen molar-refractivity contribution in [3.8, 4) is 0 Å². The van der Waals surface area contributed by atoms with Crippen LogP contribution in [0.2, 0.25) is 0 Å². The van der Waals surface area contributed by atoms with Gasteiger partial charge in [0.2, 0.25) is 0 Å². The van der Waals surface area contributed by atoms with E-state index in [1.165, 1.54) is 0 Å². The lowest BCUT2D eigenvalue weighted by Gasteiger charge is -2.08. The highest BCUT2D eigenvalue weighted by Crippen LogP contribution is 2.14. The molecule has 0 bridgehead atoms. The Labute approximate surface area is 104 Å². The minimum atomic E-state index is -0.921. The summed E-state index contributed by atoms with van der Waals surface area (Å²) in [5.41, 5.74) is 1.40. The van der Waals surface area contributed by atoms with Crippen molar-refractivity contribution in [2.75, 3.05) is 6.54 Å². The molecular weight excluding hydrogens is 232 g/mol. The van der Waals surface area contributed by atoms with Crippen LogP contribution in [0.5, 0.6) is 0 Å². The Morgan fingerprint density at radius 1 is 1.39 bits per heavy atom. The highest BCUT2D eigenvalue weighted by molar-refractivity contribution is 5.98. The molecule has 3 N–H and O–H groups in total. The average Bonchev–Trinajstić information content (AvgIpc) is 2.82. The van der Waals surface area contributed by atoms with Gasteiger partial charge < -0.3 is 15.4 Å². The maximum absolute atomic E-state index is 11.8. The van der Waals surface area contributed by atoms with E-state index in [1.807, 2.05) is 12.1 Å². The van der Waals surface area contributed by atoms with Crippen LogP contribution >= 0.6 is 0 Å². The number of rotatable bonds is 4. The summed E-state index contributed by atoms with van der Waals surface area (Å²) in [4.78, 5) is 25.5. The van der Waals surface area contributed by atoms with Crippen LogP contribution < -0.4 is 5.32 Å². The van der Waals surface area contributed by atoms with Crippen molar-refractivity contribution in [3.05, 3.63) is 36.0 Å². The molecule has 0 aliphatic carbocycles. The minimum absolute atomic E-state index is 0.122. The van der Waals surface area contributed by atoms with Crippen molar-refractivity contribution in [2.24, 2.45) is 5.92 Å². The molecule has 1 amide bonds. The summed E-state index contributed by atoms with van der Waals surface area (Å²) in [6, 6.07) is 7.23. The largest absolute Gasteiger partial charge is 0.481 e. The number of hydrogen-bond donors (Lipinski definition) is 3. The van der Waals surface area contributed by atoms with E-state index in [1.54, 1.807) is 25.3 Å². The zero-order valence-corrected chi connectivity index (χ0v) is 9.93. The molecule has 0 fully saturated rings. The molecule has 0 radical (unpaired) electrons. The van der Waals surface area contributed by atoms with Crippen LogP contribution in [-0.4, -0.2) is 28.5 Å². The Kier molecular flexibility index (Phi) is 3.32. The molecule has 1 atom stereocenters. The first-order valence-electron chi connectivity index (χ1n) is 5.66. The summed E-state index contributed by atoms with van der Waals surface area (Å²) in [6.45, 7) is 1.67. The SMILES string of the molecule is CC(CNC(=O)c1ccc2cc[nH]c2c1)C(=O)O. The molecule has 2 rings (SSSR count). The van der Waals surface area contributed by atoms with Gasteiger partial charge in [0.1, 0.15) is 0 Å². The van der Waals surface area contributed by atoms with Gasteiger partial charge in [0.15, 0.2) is 0 Å². The molecule has 0 saturated heterocycles. The number of benzene rings is 1. The summed E-state index contributed by atoms with van der Waals surface area (Å²) >= 11 is 0. The number of carboxylic acids is 1. The Hall–Kier alpha value is -2.30. The van der Waals surface area contributed by atoms with E-state index >= 15 is 0 Å². The zero-order chi connectivity index (χ0) is 13.1. The lowest BCUT2D eigenvalue weighted by molar-refractivity contribution is -0.140. The monoisotopic (exact) mass is 246 g/mol. The number of nitrogens with one attached hydrogen (secondary N) is 2. The first-order valence-corrected chi connectivity index (χ1v) is 5.66. The van der Waals surface area contributed by atoms with Gasteiger partial charge in [-0.3, -0.25) is 9.59 Å². The molecule has 0 spiro atoms. The van der Waals surface area contributed by atoms with Gasteiger partial charge in [-0.1, -0.05) is 13.0 Å². The number of aromatic nitrogens is 1. The summed E-state index contributed by atoms with van der Waals surface area (Å²) < 4.78 is 0. The Bertz CT molecular complexity index is 589. The van der Waals surface area contributed by atoms with Crippen LogP contribution in [0.1, 0.15) is 17.3 Å². The van der Waals surface area contributed by atoms with Gasteiger partial charge in [-0.2, -0.15) is 0 Å². The van der Waals surface area contributed by atoms with E-state index in [4.69, 9.17) is 5.11 Å². The maximum atomic E-state index is 11.8. The lowest BCUT2D eigenvalue weighted by atomic mass is 10.1. The number of carboxylic acid groups (broad SMARTS) is 1. The molecule has 1 unspecified atom stereocenters. The molecule has 2 aromatic rings. The standard InChI is InChI=1S/C13H14N2O3/c1-8(13(17)18)7-15-12(16)10-3-2-9-4-5-14-11(9)6-10/h2-6,8,14H,7H2,1H3,(H,15,16)(H,17,18). The van der Waals surface area contributed by atoms with Crippen LogP contribution in [0.4, 0.5) is 0 Å².